The maximum absolute atomic E-state index is 3.30. The van der Waals surface area contributed by atoms with Crippen LogP contribution < -0.4 is 0 Å². The summed E-state index contributed by atoms with van der Waals surface area (Å²) >= 11 is 1.84. The maximum Gasteiger partial charge on any atom is -0.0253 e. The first-order valence-corrected chi connectivity index (χ1v) is 15.2. The van der Waals surface area contributed by atoms with E-state index in [1.807, 2.05) is 59.7 Å². The van der Waals surface area contributed by atoms with Gasteiger partial charge < -0.3 is 0 Å². The number of fused-ring (bicyclic) bond motifs is 3. The Balaban J connectivity index is 0.000000160. The fraction of sp³-hybridized carbons (Fsp3) is 0.292. The molecule has 4 rings (SSSR count). The Kier molecular flexibility index (Phi) is 10.0. The molecule has 0 nitrogen and oxygen atoms in total. The summed E-state index contributed by atoms with van der Waals surface area (Å²) in [6, 6.07) is 31.2. The molecule has 0 fully saturated rings. The molecule has 0 amide bonds. The molecule has 0 atom stereocenters. The van der Waals surface area contributed by atoms with Gasteiger partial charge in [0, 0.05) is 0 Å². The van der Waals surface area contributed by atoms with Crippen LogP contribution in [0.5, 0.6) is 0 Å². The minimum atomic E-state index is 0.199. The third kappa shape index (κ3) is 6.89. The summed E-state index contributed by atoms with van der Waals surface area (Å²) in [5, 5.41) is 0. The van der Waals surface area contributed by atoms with Gasteiger partial charge in [-0.25, -0.2) is 12.1 Å². The SMILES string of the molecule is CCC[Si](=[Zr+2])CCC.[c-]1cccc2c1Cc1ccccc1-2.c1cc[cH-]c1. The molecular formula is C24H28SiZr. The first kappa shape index (κ1) is 21.2. The van der Waals surface area contributed by atoms with Crippen LogP contribution in [0.1, 0.15) is 37.8 Å². The zero-order valence-electron chi connectivity index (χ0n) is 16.0. The van der Waals surface area contributed by atoms with Crippen LogP contribution in [0.25, 0.3) is 11.1 Å². The van der Waals surface area contributed by atoms with E-state index in [4.69, 9.17) is 0 Å². The molecule has 3 aromatic rings. The number of hydrogen-bond donors (Lipinski definition) is 0. The maximum atomic E-state index is 3.30. The number of hydrogen-bond acceptors (Lipinski definition) is 0. The van der Waals surface area contributed by atoms with Crippen molar-refractivity contribution in [2.75, 3.05) is 0 Å². The second-order valence-corrected chi connectivity index (χ2v) is 13.9. The summed E-state index contributed by atoms with van der Waals surface area (Å²) in [5.41, 5.74) is 5.71. The van der Waals surface area contributed by atoms with E-state index in [1.165, 1.54) is 35.1 Å². The van der Waals surface area contributed by atoms with Gasteiger partial charge in [-0.1, -0.05) is 35.4 Å². The molecule has 0 radical (unpaired) electrons. The molecule has 0 unspecified atom stereocenters. The minimum Gasteiger partial charge on any atom is -0.214 e. The Morgan fingerprint density at radius 2 is 1.58 bits per heavy atom. The zero-order chi connectivity index (χ0) is 18.6. The van der Waals surface area contributed by atoms with Gasteiger partial charge in [-0.15, -0.1) is 5.56 Å². The van der Waals surface area contributed by atoms with Crippen molar-refractivity contribution >= 4 is 5.43 Å². The molecule has 0 heterocycles. The number of benzene rings is 2. The van der Waals surface area contributed by atoms with Crippen LogP contribution in [0, 0.1) is 6.07 Å². The molecule has 0 bridgehead atoms. The largest absolute Gasteiger partial charge is 0.214 e. The molecule has 0 saturated carbocycles. The summed E-state index contributed by atoms with van der Waals surface area (Å²) < 4.78 is 0. The van der Waals surface area contributed by atoms with Gasteiger partial charge in [0.15, 0.2) is 0 Å². The second-order valence-electron chi connectivity index (χ2n) is 6.46. The van der Waals surface area contributed by atoms with Crippen molar-refractivity contribution in [1.82, 2.24) is 0 Å². The third-order valence-electron chi connectivity index (χ3n) is 4.28. The molecular weight excluding hydrogens is 408 g/mol. The van der Waals surface area contributed by atoms with Gasteiger partial charge in [-0.2, -0.15) is 48.0 Å². The van der Waals surface area contributed by atoms with Crippen molar-refractivity contribution < 1.29 is 23.3 Å². The van der Waals surface area contributed by atoms with E-state index in [9.17, 15) is 0 Å². The van der Waals surface area contributed by atoms with Crippen LogP contribution in [0.3, 0.4) is 0 Å². The Morgan fingerprint density at radius 1 is 0.923 bits per heavy atom. The van der Waals surface area contributed by atoms with E-state index in [0.29, 0.717) is 0 Å². The van der Waals surface area contributed by atoms with E-state index >= 15 is 0 Å². The fourth-order valence-electron chi connectivity index (χ4n) is 3.05. The van der Waals surface area contributed by atoms with Gasteiger partial charge in [0.1, 0.15) is 0 Å². The Morgan fingerprint density at radius 3 is 2.19 bits per heavy atom. The predicted octanol–water partition coefficient (Wildman–Crippen LogP) is 6.81. The normalized spacial score (nSPS) is 10.6. The van der Waals surface area contributed by atoms with E-state index in [-0.39, 0.29) is 5.43 Å². The Labute approximate surface area is 174 Å². The Bertz CT molecular complexity index is 706. The fourth-order valence-corrected chi connectivity index (χ4v) is 8.19. The van der Waals surface area contributed by atoms with Crippen LogP contribution in [-0.4, -0.2) is 5.43 Å². The molecule has 2 heteroatoms. The molecule has 1 aliphatic rings. The van der Waals surface area contributed by atoms with Gasteiger partial charge in [-0.05, 0) is 6.42 Å². The predicted molar refractivity (Wildman–Crippen MR) is 112 cm³/mol. The van der Waals surface area contributed by atoms with Crippen LogP contribution in [0.2, 0.25) is 12.1 Å². The molecule has 132 valence electrons. The second kappa shape index (κ2) is 12.3. The van der Waals surface area contributed by atoms with E-state index in [0.717, 1.165) is 6.42 Å². The van der Waals surface area contributed by atoms with Crippen molar-refractivity contribution in [3.8, 4) is 11.1 Å². The van der Waals surface area contributed by atoms with Gasteiger partial charge in [-0.3, -0.25) is 0 Å². The van der Waals surface area contributed by atoms with Crippen LogP contribution in [-0.2, 0) is 29.8 Å². The summed E-state index contributed by atoms with van der Waals surface area (Å²) in [5.74, 6) is 0. The summed E-state index contributed by atoms with van der Waals surface area (Å²) in [6.45, 7) is 4.59. The first-order chi connectivity index (χ1) is 12.8. The van der Waals surface area contributed by atoms with Crippen molar-refractivity contribution in [1.29, 1.82) is 0 Å². The van der Waals surface area contributed by atoms with Crippen molar-refractivity contribution in [3.05, 3.63) is 90.0 Å². The average molecular weight is 436 g/mol. The molecule has 0 spiro atoms. The molecule has 0 aliphatic heterocycles. The van der Waals surface area contributed by atoms with Gasteiger partial charge in [0.05, 0.1) is 0 Å². The van der Waals surface area contributed by atoms with Crippen molar-refractivity contribution in [3.63, 3.8) is 0 Å². The van der Waals surface area contributed by atoms with Gasteiger partial charge >= 0.3 is 67.5 Å². The smallest absolute Gasteiger partial charge is 0.0253 e. The monoisotopic (exact) mass is 434 g/mol. The molecule has 26 heavy (non-hydrogen) atoms. The summed E-state index contributed by atoms with van der Waals surface area (Å²) in [6.07, 6.45) is 3.88. The molecule has 0 aromatic heterocycles. The molecule has 0 N–H and O–H groups in total. The summed E-state index contributed by atoms with van der Waals surface area (Å²) in [4.78, 5) is 0. The van der Waals surface area contributed by atoms with Crippen molar-refractivity contribution in [2.24, 2.45) is 0 Å². The van der Waals surface area contributed by atoms with E-state index in [2.05, 4.69) is 56.3 Å². The van der Waals surface area contributed by atoms with E-state index < -0.39 is 0 Å². The quantitative estimate of drug-likeness (QED) is 0.244. The molecule has 3 aromatic carbocycles. The van der Waals surface area contributed by atoms with E-state index in [1.54, 1.807) is 12.1 Å². The van der Waals surface area contributed by atoms with Gasteiger partial charge in [0.25, 0.3) is 0 Å². The minimum absolute atomic E-state index is 0.199. The average Bonchev–Trinajstić information content (AvgIpc) is 3.34. The number of rotatable bonds is 4. The van der Waals surface area contributed by atoms with Crippen molar-refractivity contribution in [2.45, 2.75) is 45.2 Å². The standard InChI is InChI=1S/C13H9.C6H14Si.C5H5.Zr/c1-3-7-12-10(5-1)9-11-6-2-4-8-13(11)12;1-3-5-7-6-4-2;1-2-4-5-3-1;/h1-5,7-8H,9H2;3-6H2,1-2H3;1-5H;/q-1;;-1;+2. The molecule has 1 aliphatic carbocycles. The first-order valence-electron chi connectivity index (χ1n) is 9.57. The van der Waals surface area contributed by atoms with Crippen LogP contribution >= 0.6 is 0 Å². The third-order valence-corrected chi connectivity index (χ3v) is 10.2. The van der Waals surface area contributed by atoms with Crippen LogP contribution in [0.15, 0.2) is 72.8 Å². The van der Waals surface area contributed by atoms with Gasteiger partial charge in [0.2, 0.25) is 0 Å². The topological polar surface area (TPSA) is 0 Å². The molecule has 0 saturated heterocycles. The zero-order valence-corrected chi connectivity index (χ0v) is 19.4. The van der Waals surface area contributed by atoms with Crippen LogP contribution in [0.4, 0.5) is 0 Å². The Hall–Kier alpha value is -1.11. The summed E-state index contributed by atoms with van der Waals surface area (Å²) in [7, 11) is 0.